The number of allylic oxidation sites excluding steroid dienone is 3. The molecule has 7 atom stereocenters. The number of alkyl halides is 2. The van der Waals surface area contributed by atoms with Crippen LogP contribution in [0.2, 0.25) is 0 Å². The van der Waals surface area contributed by atoms with E-state index in [2.05, 4.69) is 41.1 Å². The van der Waals surface area contributed by atoms with Crippen LogP contribution in [-0.2, 0) is 4.79 Å². The van der Waals surface area contributed by atoms with Gasteiger partial charge >= 0.3 is 12.4 Å². The highest BCUT2D eigenvalue weighted by molar-refractivity contribution is 5.94. The van der Waals surface area contributed by atoms with Crippen LogP contribution in [0.5, 0.6) is 0 Å². The minimum absolute atomic E-state index is 0.201. The standard InChI is InChI=1S/C28H44F2N6O/c1-6-9-19-11-20(29)13-34-22(12-28(19,8-3)10-7-2)25(18(4)31)27(37)35-23-15-32-14-21(30)26(23)24-16-33-17-36(24)5/h11,13-15,18,20-22,24-25,33H,6-10,12,16-17,31H2,1-5H3/p+1/b19-11+,34-13?. The zero-order chi connectivity index (χ0) is 27.2. The van der Waals surface area contributed by atoms with Gasteiger partial charge in [-0.2, -0.15) is 0 Å². The maximum atomic E-state index is 15.0. The minimum Gasteiger partial charge on any atom is -0.327 e. The molecule has 0 radical (unpaired) electrons. The van der Waals surface area contributed by atoms with E-state index in [1.54, 1.807) is 13.0 Å². The number of hydrogen-bond donors (Lipinski definition) is 3. The maximum absolute atomic E-state index is 15.0. The molecule has 0 aromatic carbocycles. The van der Waals surface area contributed by atoms with E-state index in [1.165, 1.54) is 18.6 Å². The van der Waals surface area contributed by atoms with Crippen molar-refractivity contribution in [3.8, 4) is 0 Å². The van der Waals surface area contributed by atoms with E-state index in [1.807, 2.05) is 11.9 Å². The smallest absolute Gasteiger partial charge is 0.315 e. The number of nitrogens with one attached hydrogen (secondary N) is 2. The van der Waals surface area contributed by atoms with Gasteiger partial charge in [0.1, 0.15) is 5.70 Å². The molecule has 7 unspecified atom stereocenters. The normalized spacial score (nSPS) is 33.6. The molecule has 206 valence electrons. The minimum atomic E-state index is -1.40. The molecule has 3 aliphatic rings. The van der Waals surface area contributed by atoms with Gasteiger partial charge in [0, 0.05) is 31.0 Å². The van der Waals surface area contributed by atoms with Gasteiger partial charge in [0.25, 0.3) is 0 Å². The monoisotopic (exact) mass is 519 g/mol. The number of amides is 1. The average Bonchev–Trinajstić information content (AvgIpc) is 3.26. The molecule has 37 heavy (non-hydrogen) atoms. The first-order valence-corrected chi connectivity index (χ1v) is 13.8. The Bertz CT molecular complexity index is 970. The number of nitrogens with two attached hydrogens (primary N) is 1. The van der Waals surface area contributed by atoms with Crippen LogP contribution in [0.25, 0.3) is 0 Å². The number of hydrogen-bond acceptors (Lipinski definition) is 5. The summed E-state index contributed by atoms with van der Waals surface area (Å²) in [5, 5.41) is 6.19. The van der Waals surface area contributed by atoms with E-state index in [-0.39, 0.29) is 17.4 Å². The Morgan fingerprint density at radius 2 is 2.11 bits per heavy atom. The van der Waals surface area contributed by atoms with E-state index >= 15 is 4.39 Å². The number of carbonyl (C=O) groups excluding carboxylic acids is 1. The third-order valence-corrected chi connectivity index (χ3v) is 8.15. The molecule has 3 rings (SSSR count). The summed E-state index contributed by atoms with van der Waals surface area (Å²) in [7, 11) is 1.91. The molecule has 1 fully saturated rings. The SMILES string of the molecule is CCC/C1=C\C(F)C=NC(C(C(=O)NC2=C(C3CNCN3C)C(F)C=[N+]=C2)C(C)N)CC1(CC)CCC. The zero-order valence-electron chi connectivity index (χ0n) is 23.0. The highest BCUT2D eigenvalue weighted by atomic mass is 19.1. The van der Waals surface area contributed by atoms with Gasteiger partial charge in [-0.1, -0.05) is 43.9 Å². The van der Waals surface area contributed by atoms with Crippen LogP contribution in [0.3, 0.4) is 0 Å². The number of rotatable bonds is 10. The van der Waals surface area contributed by atoms with Crippen molar-refractivity contribution in [3.63, 3.8) is 0 Å². The van der Waals surface area contributed by atoms with Crippen molar-refractivity contribution in [2.45, 2.75) is 96.7 Å². The molecule has 0 aromatic rings. The summed E-state index contributed by atoms with van der Waals surface area (Å²) in [6.07, 6.45) is 8.11. The number of carbonyl (C=O) groups is 1. The predicted molar refractivity (Wildman–Crippen MR) is 148 cm³/mol. The van der Waals surface area contributed by atoms with Crippen molar-refractivity contribution in [1.29, 1.82) is 0 Å². The molecule has 4 N–H and O–H groups in total. The number of halogens is 2. The molecule has 1 amide bonds. The summed E-state index contributed by atoms with van der Waals surface area (Å²) in [5.41, 5.74) is 8.12. The number of nitrogens with zero attached hydrogens (tertiary/aromatic N) is 3. The Morgan fingerprint density at radius 3 is 2.70 bits per heavy atom. The fourth-order valence-corrected chi connectivity index (χ4v) is 6.25. The summed E-state index contributed by atoms with van der Waals surface area (Å²) >= 11 is 0. The Kier molecular flexibility index (Phi) is 10.4. The molecule has 0 aromatic heterocycles. The van der Waals surface area contributed by atoms with Crippen molar-refractivity contribution in [2.75, 3.05) is 20.3 Å². The van der Waals surface area contributed by atoms with Gasteiger partial charge in [-0.3, -0.25) is 14.7 Å². The van der Waals surface area contributed by atoms with E-state index in [4.69, 9.17) is 5.73 Å². The van der Waals surface area contributed by atoms with E-state index in [0.717, 1.165) is 37.7 Å². The van der Waals surface area contributed by atoms with Crippen LogP contribution in [0.1, 0.15) is 66.2 Å². The first kappa shape index (κ1) is 29.4. The number of aliphatic imine (C=N–C) groups is 1. The third kappa shape index (κ3) is 6.63. The molecule has 7 nitrogen and oxygen atoms in total. The van der Waals surface area contributed by atoms with Crippen LogP contribution in [0.4, 0.5) is 8.78 Å². The largest absolute Gasteiger partial charge is 0.327 e. The topological polar surface area (TPSA) is 96.9 Å². The van der Waals surface area contributed by atoms with Gasteiger partial charge in [0.15, 0.2) is 6.17 Å². The Morgan fingerprint density at radius 1 is 1.35 bits per heavy atom. The molecular weight excluding hydrogens is 474 g/mol. The summed E-state index contributed by atoms with van der Waals surface area (Å²) in [6, 6.07) is -1.24. The van der Waals surface area contributed by atoms with Crippen LogP contribution in [-0.4, -0.2) is 80.2 Å². The highest BCUT2D eigenvalue weighted by Crippen LogP contribution is 2.45. The Hall–Kier alpha value is -2.19. The van der Waals surface area contributed by atoms with Crippen molar-refractivity contribution >= 4 is 24.6 Å². The summed E-state index contributed by atoms with van der Waals surface area (Å²) in [6.45, 7) is 9.37. The lowest BCUT2D eigenvalue weighted by Gasteiger charge is -2.41. The average molecular weight is 520 g/mol. The second kappa shape index (κ2) is 13.1. The highest BCUT2D eigenvalue weighted by Gasteiger charge is 2.42. The third-order valence-electron chi connectivity index (χ3n) is 8.15. The molecular formula is C28H45F2N6O+. The first-order chi connectivity index (χ1) is 17.7. The van der Waals surface area contributed by atoms with Crippen LogP contribution in [0, 0.1) is 11.3 Å². The summed E-state index contributed by atoms with van der Waals surface area (Å²) in [5.74, 6) is -1.05. The first-order valence-electron chi connectivity index (χ1n) is 13.8. The Labute approximate surface area is 220 Å². The van der Waals surface area contributed by atoms with E-state index in [9.17, 15) is 9.18 Å². The van der Waals surface area contributed by atoms with E-state index in [0.29, 0.717) is 30.9 Å². The molecule has 9 heteroatoms. The van der Waals surface area contributed by atoms with Gasteiger partial charge in [0.2, 0.25) is 12.1 Å². The Balaban J connectivity index is 1.97. The fourth-order valence-electron chi connectivity index (χ4n) is 6.25. The van der Waals surface area contributed by atoms with Crippen LogP contribution >= 0.6 is 0 Å². The molecule has 3 aliphatic heterocycles. The summed E-state index contributed by atoms with van der Waals surface area (Å²) < 4.78 is 34.1. The molecule has 3 heterocycles. The van der Waals surface area contributed by atoms with Crippen molar-refractivity contribution in [1.82, 2.24) is 20.2 Å². The van der Waals surface area contributed by atoms with Gasteiger partial charge in [-0.05, 0) is 51.1 Å². The predicted octanol–water partition coefficient (Wildman–Crippen LogP) is 2.85. The fraction of sp³-hybridized carbons (Fsp3) is 0.714. The lowest BCUT2D eigenvalue weighted by atomic mass is 9.66. The van der Waals surface area contributed by atoms with Gasteiger partial charge in [-0.25, -0.2) is 8.78 Å². The molecule has 0 aliphatic carbocycles. The van der Waals surface area contributed by atoms with Crippen molar-refractivity contribution < 1.29 is 13.6 Å². The van der Waals surface area contributed by atoms with Gasteiger partial charge < -0.3 is 16.4 Å². The summed E-state index contributed by atoms with van der Waals surface area (Å²) in [4.78, 5) is 20.4. The van der Waals surface area contributed by atoms with Crippen LogP contribution < -0.4 is 21.0 Å². The van der Waals surface area contributed by atoms with Crippen LogP contribution in [0.15, 0.2) is 27.9 Å². The lowest BCUT2D eigenvalue weighted by Crippen LogP contribution is -2.49. The second-order valence-electron chi connectivity index (χ2n) is 10.8. The van der Waals surface area contributed by atoms with E-state index < -0.39 is 30.3 Å². The lowest BCUT2D eigenvalue weighted by molar-refractivity contribution is -0.125. The molecule has 0 bridgehead atoms. The number of likely N-dealkylation sites (N-methyl/N-ethyl adjacent to an activating group) is 1. The zero-order valence-corrected chi connectivity index (χ0v) is 23.0. The molecule has 0 spiro atoms. The van der Waals surface area contributed by atoms with Crippen molar-refractivity contribution in [2.24, 2.45) is 22.1 Å². The molecule has 1 saturated heterocycles. The van der Waals surface area contributed by atoms with Crippen molar-refractivity contribution in [3.05, 3.63) is 22.9 Å². The quantitative estimate of drug-likeness (QED) is 0.305. The maximum Gasteiger partial charge on any atom is 0.315 e. The van der Waals surface area contributed by atoms with Gasteiger partial charge in [0.05, 0.1) is 18.0 Å². The molecule has 0 saturated carbocycles. The van der Waals surface area contributed by atoms with Gasteiger partial charge in [-0.15, -0.1) is 0 Å². The second-order valence-corrected chi connectivity index (χ2v) is 10.8.